The average Bonchev–Trinajstić information content (AvgIpc) is 2.82. The Bertz CT molecular complexity index is 388. The first-order valence-corrected chi connectivity index (χ1v) is 6.81. The Morgan fingerprint density at radius 3 is 3.06 bits per heavy atom. The Morgan fingerprint density at radius 2 is 2.25 bits per heavy atom. The predicted octanol–water partition coefficient (Wildman–Crippen LogP) is 2.89. The van der Waals surface area contributed by atoms with Crippen molar-refractivity contribution in [2.45, 2.75) is 37.8 Å². The monoisotopic (exact) mass is 281 g/mol. The van der Waals surface area contributed by atoms with Gasteiger partial charge < -0.3 is 10.1 Å². The van der Waals surface area contributed by atoms with Crippen LogP contribution in [0.4, 0.5) is 0 Å². The number of hydrogen-bond acceptors (Lipinski definition) is 2. The van der Waals surface area contributed by atoms with Crippen LogP contribution < -0.4 is 10.1 Å². The molecule has 2 nitrogen and oxygen atoms in total. The van der Waals surface area contributed by atoms with Gasteiger partial charge in [0.2, 0.25) is 0 Å². The molecule has 2 aliphatic heterocycles. The van der Waals surface area contributed by atoms with E-state index in [1.807, 2.05) is 0 Å². The quantitative estimate of drug-likeness (QED) is 0.855. The maximum absolute atomic E-state index is 6.09. The van der Waals surface area contributed by atoms with E-state index in [0.29, 0.717) is 12.1 Å². The molecule has 1 aromatic rings. The summed E-state index contributed by atoms with van der Waals surface area (Å²) in [7, 11) is 0. The average molecular weight is 282 g/mol. The summed E-state index contributed by atoms with van der Waals surface area (Å²) in [4.78, 5) is 0. The minimum Gasteiger partial charge on any atom is -0.489 e. The number of benzene rings is 1. The second kappa shape index (κ2) is 4.38. The second-order valence-corrected chi connectivity index (χ2v) is 5.57. The highest BCUT2D eigenvalue weighted by Gasteiger charge is 2.29. The van der Waals surface area contributed by atoms with E-state index >= 15 is 0 Å². The van der Waals surface area contributed by atoms with Gasteiger partial charge in [0, 0.05) is 10.5 Å². The van der Waals surface area contributed by atoms with Crippen LogP contribution in [0.3, 0.4) is 0 Å². The van der Waals surface area contributed by atoms with Gasteiger partial charge in [-0.1, -0.05) is 15.9 Å². The van der Waals surface area contributed by atoms with Gasteiger partial charge in [0.1, 0.15) is 11.9 Å². The molecule has 86 valence electrons. The molecule has 0 saturated carbocycles. The number of fused-ring (bicyclic) bond motifs is 1. The van der Waals surface area contributed by atoms with Crippen molar-refractivity contribution in [3.8, 4) is 5.75 Å². The third-order valence-electron chi connectivity index (χ3n) is 3.55. The number of rotatable bonds is 1. The Morgan fingerprint density at radius 1 is 1.31 bits per heavy atom. The van der Waals surface area contributed by atoms with Gasteiger partial charge in [0.25, 0.3) is 0 Å². The van der Waals surface area contributed by atoms with Crippen LogP contribution in [0.5, 0.6) is 5.75 Å². The zero-order valence-electron chi connectivity index (χ0n) is 9.21. The lowest BCUT2D eigenvalue weighted by Crippen LogP contribution is -2.40. The van der Waals surface area contributed by atoms with Crippen LogP contribution in [0, 0.1) is 0 Å². The number of hydrogen-bond donors (Lipinski definition) is 1. The van der Waals surface area contributed by atoms with E-state index in [4.69, 9.17) is 4.74 Å². The van der Waals surface area contributed by atoms with Gasteiger partial charge in [-0.05, 0) is 56.0 Å². The third kappa shape index (κ3) is 1.98. The fourth-order valence-corrected chi connectivity index (χ4v) is 3.10. The van der Waals surface area contributed by atoms with E-state index in [0.717, 1.165) is 29.6 Å². The van der Waals surface area contributed by atoms with Crippen molar-refractivity contribution < 1.29 is 4.74 Å². The highest BCUT2D eigenvalue weighted by atomic mass is 79.9. The predicted molar refractivity (Wildman–Crippen MR) is 67.9 cm³/mol. The highest BCUT2D eigenvalue weighted by Crippen LogP contribution is 2.32. The van der Waals surface area contributed by atoms with Gasteiger partial charge in [0.05, 0.1) is 0 Å². The smallest absolute Gasteiger partial charge is 0.123 e. The Kier molecular flexibility index (Phi) is 2.90. The molecule has 0 amide bonds. The van der Waals surface area contributed by atoms with E-state index in [9.17, 15) is 0 Å². The number of aryl methyl sites for hydroxylation is 1. The van der Waals surface area contributed by atoms with Crippen LogP contribution >= 0.6 is 15.9 Å². The molecule has 0 aromatic heterocycles. The van der Waals surface area contributed by atoms with Crippen LogP contribution in [-0.4, -0.2) is 18.7 Å². The third-order valence-corrected chi connectivity index (χ3v) is 4.04. The van der Waals surface area contributed by atoms with Crippen LogP contribution in [0.2, 0.25) is 0 Å². The van der Waals surface area contributed by atoms with Crippen molar-refractivity contribution in [3.63, 3.8) is 0 Å². The summed E-state index contributed by atoms with van der Waals surface area (Å²) in [5.41, 5.74) is 1.34. The topological polar surface area (TPSA) is 21.3 Å². The summed E-state index contributed by atoms with van der Waals surface area (Å²) in [6.45, 7) is 1.15. The van der Waals surface area contributed by atoms with E-state index < -0.39 is 0 Å². The number of halogens is 1. The summed E-state index contributed by atoms with van der Waals surface area (Å²) in [5.74, 6) is 1.08. The van der Waals surface area contributed by atoms with Crippen molar-refractivity contribution in [1.82, 2.24) is 5.32 Å². The molecule has 0 spiro atoms. The molecule has 1 fully saturated rings. The first kappa shape index (κ1) is 10.6. The minimum absolute atomic E-state index is 0.371. The first-order chi connectivity index (χ1) is 7.83. The summed E-state index contributed by atoms with van der Waals surface area (Å²) < 4.78 is 7.23. The molecule has 2 heterocycles. The van der Waals surface area contributed by atoms with Crippen molar-refractivity contribution in [2.24, 2.45) is 0 Å². The molecular formula is C13H16BrNO. The van der Waals surface area contributed by atoms with E-state index in [1.54, 1.807) is 0 Å². The van der Waals surface area contributed by atoms with E-state index in [-0.39, 0.29) is 0 Å². The molecule has 2 unspecified atom stereocenters. The molecule has 0 bridgehead atoms. The maximum atomic E-state index is 6.09. The second-order valence-electron chi connectivity index (χ2n) is 4.65. The zero-order valence-corrected chi connectivity index (χ0v) is 10.8. The van der Waals surface area contributed by atoms with Crippen LogP contribution in [0.15, 0.2) is 22.7 Å². The fourth-order valence-electron chi connectivity index (χ4n) is 2.69. The lowest BCUT2D eigenvalue weighted by Gasteiger charge is -2.30. The standard InChI is InChI=1S/C13H16BrNO/c14-10-4-6-12-9(8-10)3-5-13(16-12)11-2-1-7-15-11/h4,6,8,11,13,15H,1-3,5,7H2. The van der Waals surface area contributed by atoms with Crippen LogP contribution in [-0.2, 0) is 6.42 Å². The summed E-state index contributed by atoms with van der Waals surface area (Å²) in [5, 5.41) is 3.53. The summed E-state index contributed by atoms with van der Waals surface area (Å²) >= 11 is 3.50. The maximum Gasteiger partial charge on any atom is 0.123 e. The van der Waals surface area contributed by atoms with Crippen molar-refractivity contribution in [3.05, 3.63) is 28.2 Å². The van der Waals surface area contributed by atoms with Gasteiger partial charge in [0.15, 0.2) is 0 Å². The molecule has 1 saturated heterocycles. The van der Waals surface area contributed by atoms with Gasteiger partial charge in [-0.25, -0.2) is 0 Å². The zero-order chi connectivity index (χ0) is 11.0. The Balaban J connectivity index is 1.78. The van der Waals surface area contributed by atoms with Crippen LogP contribution in [0.25, 0.3) is 0 Å². The van der Waals surface area contributed by atoms with Gasteiger partial charge in [-0.3, -0.25) is 0 Å². The minimum atomic E-state index is 0.371. The summed E-state index contributed by atoms with van der Waals surface area (Å²) in [6.07, 6.45) is 5.20. The van der Waals surface area contributed by atoms with Crippen molar-refractivity contribution in [1.29, 1.82) is 0 Å². The van der Waals surface area contributed by atoms with Gasteiger partial charge >= 0.3 is 0 Å². The normalized spacial score (nSPS) is 28.6. The molecule has 16 heavy (non-hydrogen) atoms. The molecule has 2 atom stereocenters. The molecule has 1 N–H and O–H groups in total. The first-order valence-electron chi connectivity index (χ1n) is 6.01. The summed E-state index contributed by atoms with van der Waals surface area (Å²) in [6, 6.07) is 6.88. The largest absolute Gasteiger partial charge is 0.489 e. The molecule has 3 rings (SSSR count). The molecule has 1 aromatic carbocycles. The molecule has 0 aliphatic carbocycles. The lowest BCUT2D eigenvalue weighted by atomic mass is 9.97. The fraction of sp³-hybridized carbons (Fsp3) is 0.538. The number of ether oxygens (including phenoxy) is 1. The van der Waals surface area contributed by atoms with Crippen molar-refractivity contribution in [2.75, 3.05) is 6.54 Å². The Hall–Kier alpha value is -0.540. The van der Waals surface area contributed by atoms with Crippen molar-refractivity contribution >= 4 is 15.9 Å². The van der Waals surface area contributed by atoms with E-state index in [1.165, 1.54) is 18.4 Å². The molecular weight excluding hydrogens is 266 g/mol. The van der Waals surface area contributed by atoms with E-state index in [2.05, 4.69) is 39.4 Å². The molecule has 0 radical (unpaired) electrons. The molecule has 3 heteroatoms. The molecule has 2 aliphatic rings. The van der Waals surface area contributed by atoms with Crippen LogP contribution in [0.1, 0.15) is 24.8 Å². The lowest BCUT2D eigenvalue weighted by molar-refractivity contribution is 0.137. The highest BCUT2D eigenvalue weighted by molar-refractivity contribution is 9.10. The number of nitrogens with one attached hydrogen (secondary N) is 1. The Labute approximate surface area is 105 Å². The van der Waals surface area contributed by atoms with Gasteiger partial charge in [-0.2, -0.15) is 0 Å². The van der Waals surface area contributed by atoms with Gasteiger partial charge in [-0.15, -0.1) is 0 Å². The SMILES string of the molecule is Brc1ccc2c(c1)CCC(C1CCCN1)O2.